The Hall–Kier alpha value is -6.26. The van der Waals surface area contributed by atoms with Gasteiger partial charge in [0.05, 0.1) is 0 Å². The van der Waals surface area contributed by atoms with Gasteiger partial charge in [0.1, 0.15) is 12.4 Å². The van der Waals surface area contributed by atoms with E-state index in [4.69, 9.17) is 4.74 Å². The molecule has 4 nitrogen and oxygen atoms in total. The van der Waals surface area contributed by atoms with Crippen molar-refractivity contribution >= 4 is 27.8 Å². The highest BCUT2D eigenvalue weighted by molar-refractivity contribution is 5.84. The van der Waals surface area contributed by atoms with Gasteiger partial charge in [0.25, 0.3) is 0 Å². The van der Waals surface area contributed by atoms with E-state index in [1.165, 1.54) is 33.0 Å². The van der Waals surface area contributed by atoms with E-state index in [0.29, 0.717) is 26.2 Å². The van der Waals surface area contributed by atoms with Crippen molar-refractivity contribution in [1.29, 1.82) is 0 Å². The standard InChI is InChI=1S/C51H53N3O/c1-9-23-52-47-21-19-40(27-34(47)5)43-29-36(7)50(54-25-11-3)45(32-43)49(42-18-17-38-15-13-14-16-39(38)31-42)46-33-44(30-37(8)51(46)55-26-12-4)41-20-22-48(35(6)28-41)53-24-10-2/h9-22,27-33,49,52-54H,1-4,23-26H2,5-8H3. The molecule has 6 rings (SSSR count). The molecular formula is C51H53N3O. The summed E-state index contributed by atoms with van der Waals surface area (Å²) < 4.78 is 6.65. The lowest BCUT2D eigenvalue weighted by molar-refractivity contribution is 0.356. The number of rotatable bonds is 17. The SMILES string of the molecule is C=CCNc1ccc(-c2cc(C)c(NCC=C)c(C(c3ccc4ccccc4c3)c3cc(-c4ccc(NCC=C)c(C)c4)cc(C)c3OCC=C)c2)cc1C. The van der Waals surface area contributed by atoms with E-state index in [0.717, 1.165) is 61.8 Å². The molecular weight excluding hydrogens is 671 g/mol. The number of hydrogen-bond donors (Lipinski definition) is 3. The Labute approximate surface area is 328 Å². The Balaban J connectivity index is 1.65. The van der Waals surface area contributed by atoms with E-state index >= 15 is 0 Å². The third kappa shape index (κ3) is 8.60. The van der Waals surface area contributed by atoms with E-state index in [1.54, 1.807) is 0 Å². The van der Waals surface area contributed by atoms with Crippen molar-refractivity contribution in [2.45, 2.75) is 33.6 Å². The monoisotopic (exact) mass is 723 g/mol. The third-order valence-electron chi connectivity index (χ3n) is 10.2. The van der Waals surface area contributed by atoms with Gasteiger partial charge in [0, 0.05) is 48.2 Å². The first kappa shape index (κ1) is 38.5. The second-order valence-electron chi connectivity index (χ2n) is 14.2. The summed E-state index contributed by atoms with van der Waals surface area (Å²) in [5, 5.41) is 13.1. The van der Waals surface area contributed by atoms with E-state index in [9.17, 15) is 0 Å². The lowest BCUT2D eigenvalue weighted by Crippen LogP contribution is -2.13. The fraction of sp³-hybridized carbons (Fsp3) is 0.176. The second-order valence-corrected chi connectivity index (χ2v) is 14.2. The maximum Gasteiger partial charge on any atom is 0.126 e. The van der Waals surface area contributed by atoms with Crippen LogP contribution in [0.4, 0.5) is 17.1 Å². The summed E-state index contributed by atoms with van der Waals surface area (Å²) in [6.45, 7) is 26.9. The van der Waals surface area contributed by atoms with Gasteiger partial charge in [0.2, 0.25) is 0 Å². The van der Waals surface area contributed by atoms with Crippen molar-refractivity contribution in [2.24, 2.45) is 0 Å². The maximum absolute atomic E-state index is 6.65. The minimum atomic E-state index is -0.196. The topological polar surface area (TPSA) is 45.3 Å². The quantitative estimate of drug-likeness (QED) is 0.0648. The van der Waals surface area contributed by atoms with Crippen LogP contribution in [0.15, 0.2) is 154 Å². The summed E-state index contributed by atoms with van der Waals surface area (Å²) in [6, 6.07) is 37.9. The van der Waals surface area contributed by atoms with Gasteiger partial charge >= 0.3 is 0 Å². The average Bonchev–Trinajstić information content (AvgIpc) is 3.19. The summed E-state index contributed by atoms with van der Waals surface area (Å²) in [5.74, 6) is 0.673. The molecule has 0 amide bonds. The van der Waals surface area contributed by atoms with Crippen LogP contribution in [0.25, 0.3) is 33.0 Å². The highest BCUT2D eigenvalue weighted by Crippen LogP contribution is 2.46. The highest BCUT2D eigenvalue weighted by Gasteiger charge is 2.27. The van der Waals surface area contributed by atoms with Gasteiger partial charge in [-0.15, -0.1) is 19.7 Å². The van der Waals surface area contributed by atoms with Crippen LogP contribution in [0.3, 0.4) is 0 Å². The van der Waals surface area contributed by atoms with E-state index in [2.05, 4.69) is 173 Å². The predicted octanol–water partition coefficient (Wildman–Crippen LogP) is 12.9. The van der Waals surface area contributed by atoms with Gasteiger partial charge in [-0.1, -0.05) is 85.5 Å². The highest BCUT2D eigenvalue weighted by atomic mass is 16.5. The lowest BCUT2D eigenvalue weighted by atomic mass is 9.79. The first-order chi connectivity index (χ1) is 26.8. The molecule has 0 aliphatic carbocycles. The molecule has 0 spiro atoms. The molecule has 0 saturated heterocycles. The zero-order chi connectivity index (χ0) is 38.9. The summed E-state index contributed by atoms with van der Waals surface area (Å²) in [4.78, 5) is 0. The molecule has 0 bridgehead atoms. The molecule has 0 fully saturated rings. The smallest absolute Gasteiger partial charge is 0.126 e. The molecule has 3 N–H and O–H groups in total. The van der Waals surface area contributed by atoms with E-state index in [1.807, 2.05) is 24.3 Å². The van der Waals surface area contributed by atoms with Crippen LogP contribution in [0.2, 0.25) is 0 Å². The molecule has 1 unspecified atom stereocenters. The zero-order valence-corrected chi connectivity index (χ0v) is 32.8. The molecule has 0 radical (unpaired) electrons. The molecule has 0 heterocycles. The first-order valence-corrected chi connectivity index (χ1v) is 19.0. The van der Waals surface area contributed by atoms with Crippen LogP contribution in [-0.2, 0) is 0 Å². The van der Waals surface area contributed by atoms with Gasteiger partial charge < -0.3 is 20.7 Å². The van der Waals surface area contributed by atoms with Crippen LogP contribution >= 0.6 is 0 Å². The minimum Gasteiger partial charge on any atom is -0.489 e. The minimum absolute atomic E-state index is 0.196. The Morgan fingerprint density at radius 1 is 0.509 bits per heavy atom. The Morgan fingerprint density at radius 2 is 1.05 bits per heavy atom. The lowest BCUT2D eigenvalue weighted by Gasteiger charge is -2.28. The molecule has 278 valence electrons. The van der Waals surface area contributed by atoms with E-state index in [-0.39, 0.29) is 5.92 Å². The third-order valence-corrected chi connectivity index (χ3v) is 10.2. The number of hydrogen-bond acceptors (Lipinski definition) is 4. The molecule has 0 aliphatic rings. The number of aryl methyl sites for hydroxylation is 4. The number of anilines is 3. The summed E-state index contributed by atoms with van der Waals surface area (Å²) in [5.41, 5.74) is 15.9. The van der Waals surface area contributed by atoms with Crippen molar-refractivity contribution in [1.82, 2.24) is 0 Å². The first-order valence-electron chi connectivity index (χ1n) is 19.0. The molecule has 4 heteroatoms. The van der Waals surface area contributed by atoms with Crippen LogP contribution in [0, 0.1) is 27.7 Å². The van der Waals surface area contributed by atoms with Crippen LogP contribution in [-0.4, -0.2) is 26.2 Å². The van der Waals surface area contributed by atoms with Crippen molar-refractivity contribution in [2.75, 3.05) is 42.2 Å². The molecule has 6 aromatic rings. The largest absolute Gasteiger partial charge is 0.489 e. The van der Waals surface area contributed by atoms with Crippen molar-refractivity contribution in [3.8, 4) is 28.0 Å². The van der Waals surface area contributed by atoms with Crippen molar-refractivity contribution < 1.29 is 4.74 Å². The summed E-state index contributed by atoms with van der Waals surface area (Å²) in [6.07, 6.45) is 7.50. The Morgan fingerprint density at radius 3 is 1.64 bits per heavy atom. The number of benzene rings is 6. The number of nitrogens with one attached hydrogen (secondary N) is 3. The Kier molecular flexibility index (Phi) is 12.4. The molecule has 0 aromatic heterocycles. The van der Waals surface area contributed by atoms with Gasteiger partial charge in [0.15, 0.2) is 0 Å². The van der Waals surface area contributed by atoms with Gasteiger partial charge in [-0.3, -0.25) is 0 Å². The van der Waals surface area contributed by atoms with Gasteiger partial charge in [-0.2, -0.15) is 0 Å². The zero-order valence-electron chi connectivity index (χ0n) is 32.8. The second kappa shape index (κ2) is 17.7. The molecule has 0 saturated carbocycles. The average molecular weight is 724 g/mol. The van der Waals surface area contributed by atoms with Gasteiger partial charge in [-0.05, 0) is 143 Å². The van der Waals surface area contributed by atoms with E-state index < -0.39 is 0 Å². The molecule has 6 aromatic carbocycles. The van der Waals surface area contributed by atoms with Crippen LogP contribution in [0.5, 0.6) is 5.75 Å². The summed E-state index contributed by atoms with van der Waals surface area (Å²) in [7, 11) is 0. The van der Waals surface area contributed by atoms with Crippen LogP contribution in [0.1, 0.15) is 44.9 Å². The number of fused-ring (bicyclic) bond motifs is 1. The van der Waals surface area contributed by atoms with Crippen LogP contribution < -0.4 is 20.7 Å². The normalized spacial score (nSPS) is 11.4. The molecule has 1 atom stereocenters. The molecule has 0 aliphatic heterocycles. The summed E-state index contributed by atoms with van der Waals surface area (Å²) >= 11 is 0. The van der Waals surface area contributed by atoms with Crippen molar-refractivity contribution in [3.63, 3.8) is 0 Å². The number of ether oxygens (including phenoxy) is 1. The van der Waals surface area contributed by atoms with Gasteiger partial charge in [-0.25, -0.2) is 0 Å². The fourth-order valence-corrected chi connectivity index (χ4v) is 7.51. The fourth-order valence-electron chi connectivity index (χ4n) is 7.51. The Bertz CT molecular complexity index is 2240. The predicted molar refractivity (Wildman–Crippen MR) is 239 cm³/mol. The molecule has 55 heavy (non-hydrogen) atoms. The maximum atomic E-state index is 6.65. The van der Waals surface area contributed by atoms with Crippen molar-refractivity contribution in [3.05, 3.63) is 193 Å².